The summed E-state index contributed by atoms with van der Waals surface area (Å²) in [7, 11) is 0. The lowest BCUT2D eigenvalue weighted by Gasteiger charge is -2.11. The molecule has 0 bridgehead atoms. The van der Waals surface area contributed by atoms with E-state index in [0.717, 1.165) is 16.9 Å². The number of nitrogens with zero attached hydrogens (tertiary/aromatic N) is 1. The Morgan fingerprint density at radius 2 is 2.07 bits per heavy atom. The standard InChI is InChI=1S/C12H17N3/c1-7-4-5-10-11(6-7)15-12(14-10)8(2)9(3)13/h4-6,8-9H,13H2,1-3H3,(H,14,15). The summed E-state index contributed by atoms with van der Waals surface area (Å²) in [5.74, 6) is 1.24. The van der Waals surface area contributed by atoms with Crippen LogP contribution in [0.1, 0.15) is 31.2 Å². The van der Waals surface area contributed by atoms with E-state index in [1.54, 1.807) is 0 Å². The number of hydrogen-bond donors (Lipinski definition) is 2. The first kappa shape index (κ1) is 10.2. The molecule has 0 amide bonds. The zero-order valence-electron chi connectivity index (χ0n) is 9.41. The van der Waals surface area contributed by atoms with Gasteiger partial charge in [0.25, 0.3) is 0 Å². The number of aromatic nitrogens is 2. The van der Waals surface area contributed by atoms with Gasteiger partial charge in [-0.05, 0) is 31.5 Å². The molecule has 0 aliphatic carbocycles. The number of fused-ring (bicyclic) bond motifs is 1. The van der Waals surface area contributed by atoms with Gasteiger partial charge in [0.15, 0.2) is 0 Å². The van der Waals surface area contributed by atoms with Crippen molar-refractivity contribution >= 4 is 11.0 Å². The molecule has 2 atom stereocenters. The average Bonchev–Trinajstić information content (AvgIpc) is 2.58. The Labute approximate surface area is 89.7 Å². The van der Waals surface area contributed by atoms with E-state index in [9.17, 15) is 0 Å². The molecule has 0 spiro atoms. The molecule has 0 radical (unpaired) electrons. The first-order valence-corrected chi connectivity index (χ1v) is 5.30. The highest BCUT2D eigenvalue weighted by atomic mass is 14.9. The van der Waals surface area contributed by atoms with Crippen molar-refractivity contribution < 1.29 is 0 Å². The molecule has 0 saturated heterocycles. The molecule has 3 heteroatoms. The third kappa shape index (κ3) is 1.88. The van der Waals surface area contributed by atoms with Crippen molar-refractivity contribution in [2.75, 3.05) is 0 Å². The number of aromatic amines is 1. The Balaban J connectivity index is 2.47. The van der Waals surface area contributed by atoms with Crippen molar-refractivity contribution in [2.24, 2.45) is 5.73 Å². The molecule has 0 fully saturated rings. The molecule has 2 rings (SSSR count). The van der Waals surface area contributed by atoms with Gasteiger partial charge in [0.05, 0.1) is 11.0 Å². The summed E-state index contributed by atoms with van der Waals surface area (Å²) >= 11 is 0. The van der Waals surface area contributed by atoms with Crippen molar-refractivity contribution in [3.8, 4) is 0 Å². The molecule has 15 heavy (non-hydrogen) atoms. The van der Waals surface area contributed by atoms with Crippen molar-refractivity contribution in [3.63, 3.8) is 0 Å². The number of benzene rings is 1. The Kier molecular flexibility index (Phi) is 2.49. The zero-order valence-corrected chi connectivity index (χ0v) is 9.41. The van der Waals surface area contributed by atoms with Gasteiger partial charge in [-0.1, -0.05) is 13.0 Å². The molecule has 1 aromatic heterocycles. The maximum Gasteiger partial charge on any atom is 0.111 e. The smallest absolute Gasteiger partial charge is 0.111 e. The largest absolute Gasteiger partial charge is 0.342 e. The maximum absolute atomic E-state index is 5.86. The van der Waals surface area contributed by atoms with E-state index in [1.807, 2.05) is 13.0 Å². The summed E-state index contributed by atoms with van der Waals surface area (Å²) in [6, 6.07) is 6.34. The first-order valence-electron chi connectivity index (χ1n) is 5.30. The van der Waals surface area contributed by atoms with Gasteiger partial charge in [0.2, 0.25) is 0 Å². The summed E-state index contributed by atoms with van der Waals surface area (Å²) in [4.78, 5) is 7.87. The van der Waals surface area contributed by atoms with Crippen molar-refractivity contribution in [3.05, 3.63) is 29.6 Å². The van der Waals surface area contributed by atoms with Crippen LogP contribution in [-0.4, -0.2) is 16.0 Å². The summed E-state index contributed by atoms with van der Waals surface area (Å²) in [6.45, 7) is 6.17. The Morgan fingerprint density at radius 3 is 2.73 bits per heavy atom. The van der Waals surface area contributed by atoms with Crippen LogP contribution in [0.15, 0.2) is 18.2 Å². The average molecular weight is 203 g/mol. The highest BCUT2D eigenvalue weighted by molar-refractivity contribution is 5.75. The topological polar surface area (TPSA) is 54.7 Å². The van der Waals surface area contributed by atoms with Crippen molar-refractivity contribution in [1.29, 1.82) is 0 Å². The number of aryl methyl sites for hydroxylation is 1. The van der Waals surface area contributed by atoms with E-state index in [4.69, 9.17) is 5.73 Å². The predicted octanol–water partition coefficient (Wildman–Crippen LogP) is 2.32. The fraction of sp³-hybridized carbons (Fsp3) is 0.417. The number of hydrogen-bond acceptors (Lipinski definition) is 2. The van der Waals surface area contributed by atoms with Gasteiger partial charge in [-0.25, -0.2) is 4.98 Å². The molecule has 2 unspecified atom stereocenters. The molecular formula is C12H17N3. The van der Waals surface area contributed by atoms with Gasteiger partial charge in [-0.2, -0.15) is 0 Å². The second kappa shape index (κ2) is 3.66. The van der Waals surface area contributed by atoms with E-state index >= 15 is 0 Å². The van der Waals surface area contributed by atoms with E-state index in [0.29, 0.717) is 0 Å². The molecule has 80 valence electrons. The fourth-order valence-electron chi connectivity index (χ4n) is 1.61. The van der Waals surface area contributed by atoms with Gasteiger partial charge in [0, 0.05) is 12.0 Å². The minimum atomic E-state index is 0.117. The molecule has 1 aromatic carbocycles. The predicted molar refractivity (Wildman–Crippen MR) is 62.9 cm³/mol. The zero-order chi connectivity index (χ0) is 11.0. The van der Waals surface area contributed by atoms with Crippen LogP contribution in [-0.2, 0) is 0 Å². The van der Waals surface area contributed by atoms with Crippen LogP contribution in [0.25, 0.3) is 11.0 Å². The molecule has 1 heterocycles. The second-order valence-corrected chi connectivity index (χ2v) is 4.29. The molecule has 0 aliphatic rings. The van der Waals surface area contributed by atoms with Gasteiger partial charge in [-0.15, -0.1) is 0 Å². The lowest BCUT2D eigenvalue weighted by Crippen LogP contribution is -2.23. The van der Waals surface area contributed by atoms with Crippen LogP contribution >= 0.6 is 0 Å². The highest BCUT2D eigenvalue weighted by Crippen LogP contribution is 2.19. The summed E-state index contributed by atoms with van der Waals surface area (Å²) < 4.78 is 0. The molecule has 0 aliphatic heterocycles. The number of nitrogens with two attached hydrogens (primary N) is 1. The van der Waals surface area contributed by atoms with Crippen LogP contribution in [0, 0.1) is 6.92 Å². The quantitative estimate of drug-likeness (QED) is 0.787. The van der Waals surface area contributed by atoms with E-state index in [1.165, 1.54) is 5.56 Å². The molecule has 2 aromatic rings. The Morgan fingerprint density at radius 1 is 1.33 bits per heavy atom. The second-order valence-electron chi connectivity index (χ2n) is 4.29. The van der Waals surface area contributed by atoms with Gasteiger partial charge < -0.3 is 10.7 Å². The number of H-pyrrole nitrogens is 1. The van der Waals surface area contributed by atoms with Crippen LogP contribution < -0.4 is 5.73 Å². The lowest BCUT2D eigenvalue weighted by molar-refractivity contribution is 0.588. The molecule has 3 nitrogen and oxygen atoms in total. The maximum atomic E-state index is 5.86. The lowest BCUT2D eigenvalue weighted by atomic mass is 10.0. The Bertz CT molecular complexity index is 471. The number of rotatable bonds is 2. The van der Waals surface area contributed by atoms with Gasteiger partial charge in [0.1, 0.15) is 5.82 Å². The third-order valence-corrected chi connectivity index (χ3v) is 2.88. The van der Waals surface area contributed by atoms with Crippen LogP contribution in [0.2, 0.25) is 0 Å². The number of imidazole rings is 1. The summed E-state index contributed by atoms with van der Waals surface area (Å²) in [5.41, 5.74) is 9.21. The monoisotopic (exact) mass is 203 g/mol. The van der Waals surface area contributed by atoms with Crippen molar-refractivity contribution in [2.45, 2.75) is 32.7 Å². The van der Waals surface area contributed by atoms with Gasteiger partial charge >= 0.3 is 0 Å². The van der Waals surface area contributed by atoms with Gasteiger partial charge in [-0.3, -0.25) is 0 Å². The number of nitrogens with one attached hydrogen (secondary N) is 1. The highest BCUT2D eigenvalue weighted by Gasteiger charge is 2.14. The van der Waals surface area contributed by atoms with Crippen LogP contribution in [0.4, 0.5) is 0 Å². The summed E-state index contributed by atoms with van der Waals surface area (Å²) in [6.07, 6.45) is 0. The molecular weight excluding hydrogens is 186 g/mol. The SMILES string of the molecule is Cc1ccc2nc(C(C)C(C)N)[nH]c2c1. The molecule has 3 N–H and O–H groups in total. The minimum Gasteiger partial charge on any atom is -0.342 e. The van der Waals surface area contributed by atoms with E-state index in [2.05, 4.69) is 35.9 Å². The van der Waals surface area contributed by atoms with E-state index < -0.39 is 0 Å². The van der Waals surface area contributed by atoms with Crippen LogP contribution in [0.3, 0.4) is 0 Å². The van der Waals surface area contributed by atoms with Crippen molar-refractivity contribution in [1.82, 2.24) is 9.97 Å². The first-order chi connectivity index (χ1) is 7.08. The van der Waals surface area contributed by atoms with Crippen LogP contribution in [0.5, 0.6) is 0 Å². The Hall–Kier alpha value is -1.35. The summed E-state index contributed by atoms with van der Waals surface area (Å²) in [5, 5.41) is 0. The normalized spacial score (nSPS) is 15.5. The van der Waals surface area contributed by atoms with E-state index in [-0.39, 0.29) is 12.0 Å². The fourth-order valence-corrected chi connectivity index (χ4v) is 1.61. The third-order valence-electron chi connectivity index (χ3n) is 2.88. The minimum absolute atomic E-state index is 0.117. The molecule has 0 saturated carbocycles.